The van der Waals surface area contributed by atoms with Crippen LogP contribution >= 0.6 is 0 Å². The Bertz CT molecular complexity index is 574. The van der Waals surface area contributed by atoms with Gasteiger partial charge in [-0.2, -0.15) is 0 Å². The molecule has 106 valence electrons. The van der Waals surface area contributed by atoms with E-state index in [2.05, 4.69) is 5.32 Å². The molecule has 2 aliphatic rings. The molecule has 1 fully saturated rings. The van der Waals surface area contributed by atoms with Crippen molar-refractivity contribution in [1.82, 2.24) is 10.2 Å². The predicted molar refractivity (Wildman–Crippen MR) is 74.6 cm³/mol. The fourth-order valence-electron chi connectivity index (χ4n) is 2.34. The second-order valence-corrected chi connectivity index (χ2v) is 5.18. The number of hydrogen-bond acceptors (Lipinski definition) is 4. The Morgan fingerprint density at radius 1 is 1.30 bits per heavy atom. The summed E-state index contributed by atoms with van der Waals surface area (Å²) < 4.78 is 10.6. The second kappa shape index (κ2) is 5.17. The van der Waals surface area contributed by atoms with Crippen molar-refractivity contribution in [2.45, 2.75) is 13.5 Å². The van der Waals surface area contributed by atoms with E-state index in [1.165, 1.54) is 5.57 Å². The first-order chi connectivity index (χ1) is 9.65. The summed E-state index contributed by atoms with van der Waals surface area (Å²) in [4.78, 5) is 14.0. The molecule has 5 nitrogen and oxygen atoms in total. The van der Waals surface area contributed by atoms with Gasteiger partial charge in [0.1, 0.15) is 0 Å². The van der Waals surface area contributed by atoms with Crippen LogP contribution in [0.4, 0.5) is 0 Å². The molecule has 0 atom stereocenters. The van der Waals surface area contributed by atoms with Crippen LogP contribution in [0.25, 0.3) is 0 Å². The Labute approximate surface area is 118 Å². The second-order valence-electron chi connectivity index (χ2n) is 5.18. The number of ether oxygens (including phenoxy) is 2. The van der Waals surface area contributed by atoms with E-state index in [0.29, 0.717) is 6.54 Å². The normalized spacial score (nSPS) is 15.8. The van der Waals surface area contributed by atoms with Crippen molar-refractivity contribution >= 4 is 5.91 Å². The first-order valence-corrected chi connectivity index (χ1v) is 6.68. The van der Waals surface area contributed by atoms with E-state index in [0.717, 1.165) is 35.7 Å². The number of nitrogens with zero attached hydrogens (tertiary/aromatic N) is 1. The van der Waals surface area contributed by atoms with E-state index >= 15 is 0 Å². The van der Waals surface area contributed by atoms with Crippen LogP contribution in [0.2, 0.25) is 0 Å². The van der Waals surface area contributed by atoms with Gasteiger partial charge in [-0.15, -0.1) is 0 Å². The summed E-state index contributed by atoms with van der Waals surface area (Å²) in [5.41, 5.74) is 3.09. The molecule has 2 heterocycles. The zero-order valence-electron chi connectivity index (χ0n) is 11.7. The molecule has 0 radical (unpaired) electrons. The molecule has 3 rings (SSSR count). The van der Waals surface area contributed by atoms with Crippen molar-refractivity contribution in [3.63, 3.8) is 0 Å². The Morgan fingerprint density at radius 2 is 2.05 bits per heavy atom. The third-order valence-corrected chi connectivity index (χ3v) is 3.73. The molecule has 1 saturated heterocycles. The zero-order chi connectivity index (χ0) is 14.1. The largest absolute Gasteiger partial charge is 0.454 e. The number of rotatable bonds is 3. The first-order valence-electron chi connectivity index (χ1n) is 6.68. The summed E-state index contributed by atoms with van der Waals surface area (Å²) in [6.45, 7) is 4.39. The Morgan fingerprint density at radius 3 is 2.75 bits per heavy atom. The monoisotopic (exact) mass is 274 g/mol. The van der Waals surface area contributed by atoms with Crippen LogP contribution in [-0.2, 0) is 11.3 Å². The summed E-state index contributed by atoms with van der Waals surface area (Å²) >= 11 is 0. The number of fused-ring (bicyclic) bond motifs is 1. The van der Waals surface area contributed by atoms with E-state index in [4.69, 9.17) is 9.47 Å². The van der Waals surface area contributed by atoms with Gasteiger partial charge in [0.05, 0.1) is 0 Å². The van der Waals surface area contributed by atoms with E-state index in [9.17, 15) is 4.79 Å². The van der Waals surface area contributed by atoms with Crippen molar-refractivity contribution < 1.29 is 14.3 Å². The van der Waals surface area contributed by atoms with Crippen molar-refractivity contribution in [3.8, 4) is 11.5 Å². The van der Waals surface area contributed by atoms with Gasteiger partial charge in [-0.1, -0.05) is 6.07 Å². The summed E-state index contributed by atoms with van der Waals surface area (Å²) in [6.07, 6.45) is 0. The Balaban J connectivity index is 1.69. The van der Waals surface area contributed by atoms with E-state index in [1.807, 2.05) is 32.2 Å². The van der Waals surface area contributed by atoms with Crippen LogP contribution in [0.15, 0.2) is 29.3 Å². The van der Waals surface area contributed by atoms with Crippen LogP contribution in [0, 0.1) is 0 Å². The third kappa shape index (κ3) is 2.36. The number of benzene rings is 1. The molecular formula is C15H18N2O3. The van der Waals surface area contributed by atoms with Gasteiger partial charge in [0, 0.05) is 32.3 Å². The number of hydrogen-bond donors (Lipinski definition) is 1. The lowest BCUT2D eigenvalue weighted by Gasteiger charge is -2.24. The Kier molecular flexibility index (Phi) is 3.36. The molecule has 2 aliphatic heterocycles. The highest BCUT2D eigenvalue weighted by atomic mass is 16.7. The van der Waals surface area contributed by atoms with Gasteiger partial charge in [0.25, 0.3) is 0 Å². The molecule has 1 aromatic carbocycles. The highest BCUT2D eigenvalue weighted by Crippen LogP contribution is 2.32. The number of carbonyl (C=O) groups is 1. The molecule has 0 unspecified atom stereocenters. The van der Waals surface area contributed by atoms with E-state index < -0.39 is 0 Å². The zero-order valence-corrected chi connectivity index (χ0v) is 11.7. The van der Waals surface area contributed by atoms with E-state index in [1.54, 1.807) is 4.90 Å². The van der Waals surface area contributed by atoms with Gasteiger partial charge in [-0.25, -0.2) is 0 Å². The molecule has 0 aliphatic carbocycles. The highest BCUT2D eigenvalue weighted by molar-refractivity contribution is 5.93. The summed E-state index contributed by atoms with van der Waals surface area (Å²) in [5.74, 6) is 1.60. The molecule has 1 amide bonds. The van der Waals surface area contributed by atoms with E-state index in [-0.39, 0.29) is 12.7 Å². The van der Waals surface area contributed by atoms with Gasteiger partial charge in [0.2, 0.25) is 12.7 Å². The topological polar surface area (TPSA) is 50.8 Å². The molecule has 0 saturated carbocycles. The minimum Gasteiger partial charge on any atom is -0.454 e. The lowest BCUT2D eigenvalue weighted by Crippen LogP contribution is -2.38. The number of amides is 1. The number of nitrogens with one attached hydrogen (secondary N) is 1. The average Bonchev–Trinajstić information content (AvgIpc) is 2.83. The maximum atomic E-state index is 12.3. The number of carbonyl (C=O) groups excluding carboxylic acids is 1. The molecule has 1 aromatic rings. The molecular weight excluding hydrogens is 256 g/mol. The molecule has 1 N–H and O–H groups in total. The minimum atomic E-state index is 0.0826. The predicted octanol–water partition coefficient (Wildman–Crippen LogP) is 1.29. The van der Waals surface area contributed by atoms with Gasteiger partial charge in [-0.05, 0) is 30.2 Å². The van der Waals surface area contributed by atoms with Crippen LogP contribution in [0.3, 0.4) is 0 Å². The van der Waals surface area contributed by atoms with Gasteiger partial charge in [0.15, 0.2) is 11.5 Å². The van der Waals surface area contributed by atoms with Gasteiger partial charge in [-0.3, -0.25) is 4.79 Å². The first kappa shape index (κ1) is 13.0. The van der Waals surface area contributed by atoms with Gasteiger partial charge >= 0.3 is 0 Å². The smallest absolute Gasteiger partial charge is 0.249 e. The fraction of sp³-hybridized carbons (Fsp3) is 0.400. The molecule has 5 heteroatoms. The number of likely N-dealkylation sites (N-methyl/N-ethyl adjacent to an activating group) is 1. The molecule has 0 aromatic heterocycles. The lowest BCUT2D eigenvalue weighted by molar-refractivity contribution is -0.126. The van der Waals surface area contributed by atoms with Crippen LogP contribution in [0.5, 0.6) is 11.5 Å². The van der Waals surface area contributed by atoms with Crippen molar-refractivity contribution in [2.24, 2.45) is 0 Å². The quantitative estimate of drug-likeness (QED) is 0.844. The van der Waals surface area contributed by atoms with Gasteiger partial charge < -0.3 is 19.7 Å². The average molecular weight is 274 g/mol. The molecule has 0 bridgehead atoms. The van der Waals surface area contributed by atoms with Crippen LogP contribution in [0.1, 0.15) is 12.5 Å². The summed E-state index contributed by atoms with van der Waals surface area (Å²) in [7, 11) is 1.82. The highest BCUT2D eigenvalue weighted by Gasteiger charge is 2.20. The summed E-state index contributed by atoms with van der Waals surface area (Å²) in [6, 6.07) is 5.78. The third-order valence-electron chi connectivity index (χ3n) is 3.73. The van der Waals surface area contributed by atoms with Crippen molar-refractivity contribution in [2.75, 3.05) is 26.9 Å². The maximum absolute atomic E-state index is 12.3. The standard InChI is InChI=1S/C15H18N2O3/c1-10(12-6-16-7-12)15(18)17(2)8-11-3-4-13-14(5-11)20-9-19-13/h3-5,16H,6-9H2,1-2H3. The summed E-state index contributed by atoms with van der Waals surface area (Å²) in [5, 5.41) is 3.15. The lowest BCUT2D eigenvalue weighted by atomic mass is 10.0. The fourth-order valence-corrected chi connectivity index (χ4v) is 2.34. The van der Waals surface area contributed by atoms with Crippen LogP contribution < -0.4 is 14.8 Å². The van der Waals surface area contributed by atoms with Crippen LogP contribution in [-0.4, -0.2) is 37.7 Å². The SMILES string of the molecule is CC(C(=O)N(C)Cc1ccc2c(c1)OCO2)=C1CNC1. The molecule has 20 heavy (non-hydrogen) atoms. The van der Waals surface area contributed by atoms with Crippen molar-refractivity contribution in [3.05, 3.63) is 34.9 Å². The maximum Gasteiger partial charge on any atom is 0.249 e. The minimum absolute atomic E-state index is 0.0826. The molecule has 0 spiro atoms. The Hall–Kier alpha value is -2.01. The van der Waals surface area contributed by atoms with Crippen molar-refractivity contribution in [1.29, 1.82) is 0 Å².